The first kappa shape index (κ1) is 27.3. The minimum absolute atomic E-state index is 0.200. The number of hydrogen-bond acceptors (Lipinski definition) is 8. The molecular formula is C30H27ClFN7O4. The van der Waals surface area contributed by atoms with Crippen LogP contribution < -0.4 is 15.0 Å². The Morgan fingerprint density at radius 3 is 2.70 bits per heavy atom. The van der Waals surface area contributed by atoms with Crippen molar-refractivity contribution >= 4 is 46.2 Å². The third-order valence-electron chi connectivity index (χ3n) is 8.06. The van der Waals surface area contributed by atoms with Gasteiger partial charge in [-0.15, -0.1) is 0 Å². The summed E-state index contributed by atoms with van der Waals surface area (Å²) in [7, 11) is 0. The lowest BCUT2D eigenvalue weighted by atomic mass is 10.0. The number of fused-ring (bicyclic) bond motifs is 2. The maximum Gasteiger partial charge on any atom is 0.255 e. The van der Waals surface area contributed by atoms with E-state index < -0.39 is 18.1 Å². The number of nitrogens with one attached hydrogen (secondary N) is 1. The molecule has 1 unspecified atom stereocenters. The van der Waals surface area contributed by atoms with Crippen molar-refractivity contribution in [3.8, 4) is 17.0 Å². The highest BCUT2D eigenvalue weighted by atomic mass is 35.5. The predicted octanol–water partition coefficient (Wildman–Crippen LogP) is 3.51. The fraction of sp³-hybridized carbons (Fsp3) is 0.333. The van der Waals surface area contributed by atoms with Crippen LogP contribution in [0.1, 0.15) is 41.3 Å². The number of pyridine rings is 2. The molecule has 2 fully saturated rings. The maximum absolute atomic E-state index is 13.8. The number of halogens is 2. The van der Waals surface area contributed by atoms with Crippen LogP contribution in [-0.4, -0.2) is 74.3 Å². The highest BCUT2D eigenvalue weighted by Gasteiger charge is 2.39. The maximum atomic E-state index is 13.8. The first-order valence-electron chi connectivity index (χ1n) is 14.1. The monoisotopic (exact) mass is 603 g/mol. The summed E-state index contributed by atoms with van der Waals surface area (Å²) >= 11 is 6.65. The van der Waals surface area contributed by atoms with Crippen LogP contribution in [0.3, 0.4) is 0 Å². The number of alkyl halides is 1. The number of benzene rings is 1. The van der Waals surface area contributed by atoms with E-state index in [4.69, 9.17) is 21.3 Å². The quantitative estimate of drug-likeness (QED) is 0.319. The summed E-state index contributed by atoms with van der Waals surface area (Å²) in [5.41, 5.74) is 4.08. The van der Waals surface area contributed by atoms with Gasteiger partial charge in [-0.05, 0) is 36.6 Å². The molecule has 2 saturated heterocycles. The molecule has 3 aliphatic rings. The molecule has 3 aliphatic heterocycles. The molecule has 4 aromatic rings. The van der Waals surface area contributed by atoms with Gasteiger partial charge >= 0.3 is 0 Å². The van der Waals surface area contributed by atoms with E-state index in [1.165, 1.54) is 4.90 Å². The van der Waals surface area contributed by atoms with Gasteiger partial charge in [-0.1, -0.05) is 23.7 Å². The minimum Gasteiger partial charge on any atom is -0.492 e. The van der Waals surface area contributed by atoms with E-state index in [0.717, 1.165) is 22.1 Å². The standard InChI is InChI=1S/C30H27ClFN7O4/c1-2-43-19-8-23(31)27(33-10-19)21-9-25(37-14-18(32)15-37)35-28-22(21)11-34-39(28)12-16-3-4-20-17(7-16)13-38(30(20)42)24-5-6-26(40)36-29(24)41/h3-4,7-11,18,24H,2,5-6,12-15H2,1H3,(H,36,40,41). The average Bonchev–Trinajstić information content (AvgIpc) is 3.51. The Morgan fingerprint density at radius 1 is 1.12 bits per heavy atom. The highest BCUT2D eigenvalue weighted by Crippen LogP contribution is 2.37. The van der Waals surface area contributed by atoms with Crippen LogP contribution in [-0.2, 0) is 22.7 Å². The second-order valence-corrected chi connectivity index (χ2v) is 11.3. The van der Waals surface area contributed by atoms with Gasteiger partial charge in [0.05, 0.1) is 49.4 Å². The molecule has 13 heteroatoms. The molecular weight excluding hydrogens is 577 g/mol. The molecule has 11 nitrogen and oxygen atoms in total. The molecule has 0 aliphatic carbocycles. The van der Waals surface area contributed by atoms with Crippen LogP contribution in [0.4, 0.5) is 10.2 Å². The lowest BCUT2D eigenvalue weighted by Gasteiger charge is -2.35. The van der Waals surface area contributed by atoms with Crippen molar-refractivity contribution in [2.45, 2.75) is 45.1 Å². The van der Waals surface area contributed by atoms with Crippen LogP contribution in [0.15, 0.2) is 42.7 Å². The molecule has 1 atom stereocenters. The number of nitrogens with zero attached hydrogens (tertiary/aromatic N) is 6. The van der Waals surface area contributed by atoms with Gasteiger partial charge < -0.3 is 14.5 Å². The number of carbonyl (C=O) groups excluding carboxylic acids is 3. The van der Waals surface area contributed by atoms with E-state index in [2.05, 4.69) is 15.4 Å². The van der Waals surface area contributed by atoms with E-state index in [1.54, 1.807) is 29.2 Å². The molecule has 6 heterocycles. The molecule has 0 radical (unpaired) electrons. The smallest absolute Gasteiger partial charge is 0.255 e. The topological polar surface area (TPSA) is 123 Å². The molecule has 0 spiro atoms. The van der Waals surface area contributed by atoms with Gasteiger partial charge in [0, 0.05) is 35.5 Å². The van der Waals surface area contributed by atoms with E-state index in [1.807, 2.05) is 30.0 Å². The summed E-state index contributed by atoms with van der Waals surface area (Å²) in [6.45, 7) is 3.50. The lowest BCUT2D eigenvalue weighted by molar-refractivity contribution is -0.136. The fourth-order valence-corrected chi connectivity index (χ4v) is 6.14. The van der Waals surface area contributed by atoms with E-state index in [-0.39, 0.29) is 37.9 Å². The second-order valence-electron chi connectivity index (χ2n) is 10.9. The molecule has 3 aromatic heterocycles. The largest absolute Gasteiger partial charge is 0.492 e. The Balaban J connectivity index is 1.21. The second kappa shape index (κ2) is 10.6. The summed E-state index contributed by atoms with van der Waals surface area (Å²) in [5.74, 6) is 0.174. The number of carbonyl (C=O) groups is 3. The Morgan fingerprint density at radius 2 is 1.95 bits per heavy atom. The molecule has 220 valence electrons. The number of imide groups is 1. The molecule has 1 N–H and O–H groups in total. The third kappa shape index (κ3) is 4.85. The average molecular weight is 604 g/mol. The summed E-state index contributed by atoms with van der Waals surface area (Å²) < 4.78 is 21.1. The summed E-state index contributed by atoms with van der Waals surface area (Å²) in [6, 6.07) is 8.46. The number of amides is 3. The number of anilines is 1. The lowest BCUT2D eigenvalue weighted by Crippen LogP contribution is -2.52. The van der Waals surface area contributed by atoms with Crippen molar-refractivity contribution in [1.29, 1.82) is 0 Å². The van der Waals surface area contributed by atoms with E-state index in [9.17, 15) is 18.8 Å². The first-order valence-corrected chi connectivity index (χ1v) is 14.5. The number of piperidine rings is 1. The Hall–Kier alpha value is -4.58. The van der Waals surface area contributed by atoms with Gasteiger partial charge in [0.1, 0.15) is 23.8 Å². The molecule has 43 heavy (non-hydrogen) atoms. The van der Waals surface area contributed by atoms with Crippen molar-refractivity contribution in [3.63, 3.8) is 0 Å². The van der Waals surface area contributed by atoms with Crippen molar-refractivity contribution in [3.05, 3.63) is 64.4 Å². The zero-order valence-electron chi connectivity index (χ0n) is 23.2. The van der Waals surface area contributed by atoms with Gasteiger partial charge in [0.2, 0.25) is 11.8 Å². The summed E-state index contributed by atoms with van der Waals surface area (Å²) in [6.07, 6.45) is 2.93. The minimum atomic E-state index is -0.910. The molecule has 3 amide bonds. The molecule has 7 rings (SSSR count). The zero-order valence-corrected chi connectivity index (χ0v) is 24.0. The zero-order chi connectivity index (χ0) is 29.8. The molecule has 1 aromatic carbocycles. The van der Waals surface area contributed by atoms with Gasteiger partial charge in [0.15, 0.2) is 5.65 Å². The van der Waals surface area contributed by atoms with Crippen molar-refractivity contribution in [2.75, 3.05) is 24.6 Å². The summed E-state index contributed by atoms with van der Waals surface area (Å²) in [4.78, 5) is 49.9. The number of hydrogen-bond donors (Lipinski definition) is 1. The Labute approximate surface area is 250 Å². The van der Waals surface area contributed by atoms with E-state index in [0.29, 0.717) is 53.1 Å². The van der Waals surface area contributed by atoms with Crippen LogP contribution in [0.5, 0.6) is 5.75 Å². The molecule has 0 saturated carbocycles. The summed E-state index contributed by atoms with van der Waals surface area (Å²) in [5, 5.41) is 8.11. The Bertz CT molecular complexity index is 1800. The fourth-order valence-electron chi connectivity index (χ4n) is 5.88. The number of aromatic nitrogens is 4. The first-order chi connectivity index (χ1) is 20.8. The van der Waals surface area contributed by atoms with Crippen molar-refractivity contribution in [1.82, 2.24) is 30.0 Å². The number of rotatable bonds is 7. The van der Waals surface area contributed by atoms with Crippen LogP contribution in [0.25, 0.3) is 22.3 Å². The normalized spacial score (nSPS) is 18.7. The van der Waals surface area contributed by atoms with Crippen LogP contribution >= 0.6 is 11.6 Å². The van der Waals surface area contributed by atoms with Crippen molar-refractivity contribution < 1.29 is 23.5 Å². The van der Waals surface area contributed by atoms with E-state index >= 15 is 0 Å². The highest BCUT2D eigenvalue weighted by molar-refractivity contribution is 6.33. The predicted molar refractivity (Wildman–Crippen MR) is 156 cm³/mol. The van der Waals surface area contributed by atoms with Crippen molar-refractivity contribution in [2.24, 2.45) is 0 Å². The van der Waals surface area contributed by atoms with Crippen LogP contribution in [0.2, 0.25) is 5.02 Å². The van der Waals surface area contributed by atoms with Crippen LogP contribution in [0, 0.1) is 0 Å². The van der Waals surface area contributed by atoms with Gasteiger partial charge in [-0.3, -0.25) is 24.7 Å². The third-order valence-corrected chi connectivity index (χ3v) is 8.35. The van der Waals surface area contributed by atoms with Gasteiger partial charge in [0.25, 0.3) is 5.91 Å². The van der Waals surface area contributed by atoms with Gasteiger partial charge in [-0.2, -0.15) is 5.10 Å². The SMILES string of the molecule is CCOc1cnc(-c2cc(N3CC(F)C3)nc3c2cnn3Cc2ccc3c(c2)CN(C2CCC(=O)NC2=O)C3=O)c(Cl)c1. The number of ether oxygens (including phenoxy) is 1. The molecule has 0 bridgehead atoms. The van der Waals surface area contributed by atoms with Gasteiger partial charge in [-0.25, -0.2) is 14.1 Å². The Kier molecular flexibility index (Phi) is 6.72.